The fourth-order valence-corrected chi connectivity index (χ4v) is 4.38. The fraction of sp³-hybridized carbons (Fsp3) is 0.409. The van der Waals surface area contributed by atoms with Crippen molar-refractivity contribution in [2.45, 2.75) is 40.2 Å². The van der Waals surface area contributed by atoms with Gasteiger partial charge >= 0.3 is 0 Å². The molecule has 2 aromatic carbocycles. The number of benzene rings is 2. The van der Waals surface area contributed by atoms with Gasteiger partial charge in [-0.2, -0.15) is 0 Å². The average molecular weight is 419 g/mol. The molecule has 0 heterocycles. The van der Waals surface area contributed by atoms with Crippen LogP contribution in [0.2, 0.25) is 0 Å². The monoisotopic (exact) mass is 418 g/mol. The number of nitrogens with one attached hydrogen (secondary N) is 1. The van der Waals surface area contributed by atoms with E-state index >= 15 is 0 Å². The largest absolute Gasteiger partial charge is 0.491 e. The minimum atomic E-state index is -3.63. The number of hydrogen-bond donors (Lipinski definition) is 1. The SMILES string of the molecule is CC[C@@H](C(=O)NCCOc1ccc(C)cc1C)N(c1ccc(C)cc1)S(C)(=O)=O. The summed E-state index contributed by atoms with van der Waals surface area (Å²) >= 11 is 0. The third kappa shape index (κ3) is 6.22. The van der Waals surface area contributed by atoms with Crippen LogP contribution in [0.4, 0.5) is 5.69 Å². The molecule has 0 aliphatic heterocycles. The molecule has 0 aliphatic rings. The second-order valence-electron chi connectivity index (χ2n) is 7.23. The highest BCUT2D eigenvalue weighted by Crippen LogP contribution is 2.23. The highest BCUT2D eigenvalue weighted by atomic mass is 32.2. The molecule has 1 amide bonds. The van der Waals surface area contributed by atoms with Gasteiger partial charge in [-0.25, -0.2) is 8.42 Å². The normalized spacial score (nSPS) is 12.3. The number of amides is 1. The van der Waals surface area contributed by atoms with Crippen molar-refractivity contribution in [1.29, 1.82) is 0 Å². The Morgan fingerprint density at radius 1 is 1.07 bits per heavy atom. The van der Waals surface area contributed by atoms with Crippen molar-refractivity contribution in [2.75, 3.05) is 23.7 Å². The number of nitrogens with zero attached hydrogens (tertiary/aromatic N) is 1. The lowest BCUT2D eigenvalue weighted by molar-refractivity contribution is -0.122. The Kier molecular flexibility index (Phi) is 7.67. The molecule has 0 aliphatic carbocycles. The molecule has 0 unspecified atom stereocenters. The number of aryl methyl sites for hydroxylation is 3. The summed E-state index contributed by atoms with van der Waals surface area (Å²) in [4.78, 5) is 12.8. The van der Waals surface area contributed by atoms with Crippen LogP contribution in [0.25, 0.3) is 0 Å². The van der Waals surface area contributed by atoms with Crippen LogP contribution in [0.5, 0.6) is 5.75 Å². The summed E-state index contributed by atoms with van der Waals surface area (Å²) in [5, 5.41) is 2.80. The highest BCUT2D eigenvalue weighted by molar-refractivity contribution is 7.92. The molecule has 0 fully saturated rings. The predicted octanol–water partition coefficient (Wildman–Crippen LogP) is 3.35. The van der Waals surface area contributed by atoms with Gasteiger partial charge in [0.1, 0.15) is 18.4 Å². The van der Waals surface area contributed by atoms with Gasteiger partial charge in [-0.3, -0.25) is 9.10 Å². The molecule has 0 aromatic heterocycles. The Balaban J connectivity index is 2.04. The van der Waals surface area contributed by atoms with E-state index in [1.165, 1.54) is 4.31 Å². The number of carbonyl (C=O) groups excluding carboxylic acids is 1. The summed E-state index contributed by atoms with van der Waals surface area (Å²) in [5.74, 6) is 0.428. The van der Waals surface area contributed by atoms with Crippen molar-refractivity contribution < 1.29 is 17.9 Å². The van der Waals surface area contributed by atoms with Gasteiger partial charge in [0.05, 0.1) is 18.5 Å². The van der Waals surface area contributed by atoms with Gasteiger partial charge in [0, 0.05) is 0 Å². The van der Waals surface area contributed by atoms with E-state index in [9.17, 15) is 13.2 Å². The van der Waals surface area contributed by atoms with Crippen LogP contribution in [-0.4, -0.2) is 39.8 Å². The lowest BCUT2D eigenvalue weighted by Crippen LogP contribution is -2.50. The van der Waals surface area contributed by atoms with Crippen molar-refractivity contribution in [3.05, 3.63) is 59.2 Å². The maximum absolute atomic E-state index is 12.8. The molecule has 0 bridgehead atoms. The second-order valence-corrected chi connectivity index (χ2v) is 9.09. The summed E-state index contributed by atoms with van der Waals surface area (Å²) in [7, 11) is -3.63. The third-order valence-electron chi connectivity index (χ3n) is 4.61. The maximum Gasteiger partial charge on any atom is 0.244 e. The third-order valence-corrected chi connectivity index (χ3v) is 5.79. The lowest BCUT2D eigenvalue weighted by Gasteiger charge is -2.30. The van der Waals surface area contributed by atoms with Crippen molar-refractivity contribution in [2.24, 2.45) is 0 Å². The first-order valence-electron chi connectivity index (χ1n) is 9.67. The lowest BCUT2D eigenvalue weighted by atomic mass is 10.1. The van der Waals surface area contributed by atoms with Crippen LogP contribution in [0.15, 0.2) is 42.5 Å². The van der Waals surface area contributed by atoms with E-state index in [1.807, 2.05) is 51.1 Å². The molecule has 0 spiro atoms. The van der Waals surface area contributed by atoms with Gasteiger partial charge in [-0.05, 0) is 51.0 Å². The summed E-state index contributed by atoms with van der Waals surface area (Å²) in [6, 6.07) is 12.2. The zero-order valence-electron chi connectivity index (χ0n) is 17.7. The van der Waals surface area contributed by atoms with E-state index in [2.05, 4.69) is 5.32 Å². The van der Waals surface area contributed by atoms with E-state index in [0.29, 0.717) is 18.7 Å². The summed E-state index contributed by atoms with van der Waals surface area (Å²) in [5.41, 5.74) is 3.69. The molecule has 6 nitrogen and oxygen atoms in total. The number of carbonyl (C=O) groups is 1. The van der Waals surface area contributed by atoms with Crippen LogP contribution in [0, 0.1) is 20.8 Å². The van der Waals surface area contributed by atoms with Crippen LogP contribution in [-0.2, 0) is 14.8 Å². The van der Waals surface area contributed by atoms with Crippen molar-refractivity contribution in [1.82, 2.24) is 5.32 Å². The Labute approximate surface area is 173 Å². The molecule has 0 saturated carbocycles. The summed E-state index contributed by atoms with van der Waals surface area (Å²) in [6.45, 7) is 8.30. The Morgan fingerprint density at radius 2 is 1.69 bits per heavy atom. The fourth-order valence-electron chi connectivity index (χ4n) is 3.17. The van der Waals surface area contributed by atoms with Crippen LogP contribution >= 0.6 is 0 Å². The zero-order valence-corrected chi connectivity index (χ0v) is 18.5. The Bertz CT molecular complexity index is 940. The molecular weight excluding hydrogens is 388 g/mol. The van der Waals surface area contributed by atoms with Crippen molar-refractivity contribution in [3.8, 4) is 5.75 Å². The topological polar surface area (TPSA) is 75.7 Å². The van der Waals surface area contributed by atoms with Gasteiger partial charge in [0.15, 0.2) is 0 Å². The number of anilines is 1. The molecular formula is C22H30N2O4S. The van der Waals surface area contributed by atoms with E-state index in [-0.39, 0.29) is 12.5 Å². The molecule has 0 saturated heterocycles. The predicted molar refractivity (Wildman–Crippen MR) is 117 cm³/mol. The van der Waals surface area contributed by atoms with E-state index in [0.717, 1.165) is 28.7 Å². The quantitative estimate of drug-likeness (QED) is 0.634. The Hall–Kier alpha value is -2.54. The standard InChI is InChI=1S/C22H30N2O4S/c1-6-20(24(29(5,26)27)19-10-7-16(2)8-11-19)22(25)23-13-14-28-21-12-9-17(3)15-18(21)4/h7-12,15,20H,6,13-14H2,1-5H3,(H,23,25)/t20-/m0/s1. The van der Waals surface area contributed by atoms with Gasteiger partial charge in [0.25, 0.3) is 0 Å². The summed E-state index contributed by atoms with van der Waals surface area (Å²) < 4.78 is 31.8. The number of sulfonamides is 1. The molecule has 2 aromatic rings. The average Bonchev–Trinajstić information content (AvgIpc) is 2.64. The summed E-state index contributed by atoms with van der Waals surface area (Å²) in [6.07, 6.45) is 1.47. The van der Waals surface area contributed by atoms with Crippen LogP contribution < -0.4 is 14.4 Å². The first kappa shape index (κ1) is 22.7. The molecule has 158 valence electrons. The first-order chi connectivity index (χ1) is 13.6. The van der Waals surface area contributed by atoms with E-state index in [4.69, 9.17) is 4.74 Å². The first-order valence-corrected chi connectivity index (χ1v) is 11.5. The van der Waals surface area contributed by atoms with Gasteiger partial charge in [0.2, 0.25) is 15.9 Å². The second kappa shape index (κ2) is 9.78. The van der Waals surface area contributed by atoms with Gasteiger partial charge < -0.3 is 10.1 Å². The van der Waals surface area contributed by atoms with E-state index < -0.39 is 16.1 Å². The van der Waals surface area contributed by atoms with Crippen molar-refractivity contribution >= 4 is 21.6 Å². The maximum atomic E-state index is 12.8. The Morgan fingerprint density at radius 3 is 2.24 bits per heavy atom. The number of rotatable bonds is 9. The minimum absolute atomic E-state index is 0.286. The number of ether oxygens (including phenoxy) is 1. The highest BCUT2D eigenvalue weighted by Gasteiger charge is 2.31. The molecule has 7 heteroatoms. The van der Waals surface area contributed by atoms with Crippen molar-refractivity contribution in [3.63, 3.8) is 0 Å². The van der Waals surface area contributed by atoms with E-state index in [1.54, 1.807) is 19.1 Å². The zero-order chi connectivity index (χ0) is 21.6. The molecule has 1 atom stereocenters. The number of hydrogen-bond acceptors (Lipinski definition) is 4. The molecule has 0 radical (unpaired) electrons. The minimum Gasteiger partial charge on any atom is -0.491 e. The van der Waals surface area contributed by atoms with Gasteiger partial charge in [-0.15, -0.1) is 0 Å². The smallest absolute Gasteiger partial charge is 0.244 e. The van der Waals surface area contributed by atoms with Crippen LogP contribution in [0.1, 0.15) is 30.0 Å². The van der Waals surface area contributed by atoms with Crippen LogP contribution in [0.3, 0.4) is 0 Å². The molecule has 29 heavy (non-hydrogen) atoms. The molecule has 2 rings (SSSR count). The molecule has 1 N–H and O–H groups in total. The van der Waals surface area contributed by atoms with Gasteiger partial charge in [-0.1, -0.05) is 42.3 Å².